The van der Waals surface area contributed by atoms with E-state index in [1.807, 2.05) is 0 Å². The molecule has 0 saturated carbocycles. The Morgan fingerprint density at radius 1 is 1.20 bits per heavy atom. The summed E-state index contributed by atoms with van der Waals surface area (Å²) in [5, 5.41) is 4.87. The maximum atomic E-state index is 5.36. The summed E-state index contributed by atoms with van der Waals surface area (Å²) < 4.78 is 5.36. The molecule has 1 aliphatic heterocycles. The van der Waals surface area contributed by atoms with Crippen molar-refractivity contribution in [3.8, 4) is 0 Å². The van der Waals surface area contributed by atoms with E-state index < -0.39 is 0 Å². The number of para-hydroxylation sites is 1. The number of benzene rings is 1. The van der Waals surface area contributed by atoms with Crippen molar-refractivity contribution in [2.24, 2.45) is 0 Å². The molecule has 4 nitrogen and oxygen atoms in total. The fraction of sp³-hybridized carbons (Fsp3) is 0.500. The van der Waals surface area contributed by atoms with Gasteiger partial charge in [0.2, 0.25) is 0 Å². The number of aromatic nitrogens is 1. The van der Waals surface area contributed by atoms with Crippen LogP contribution in [0.1, 0.15) is 12.0 Å². The first kappa shape index (κ1) is 13.6. The van der Waals surface area contributed by atoms with Crippen molar-refractivity contribution >= 4 is 10.9 Å². The van der Waals surface area contributed by atoms with E-state index in [1.165, 1.54) is 29.4 Å². The minimum Gasteiger partial charge on any atom is -0.379 e. The second-order valence-electron chi connectivity index (χ2n) is 5.34. The van der Waals surface area contributed by atoms with Crippen molar-refractivity contribution < 1.29 is 4.74 Å². The normalized spacial score (nSPS) is 16.8. The first-order valence-electron chi connectivity index (χ1n) is 7.49. The second-order valence-corrected chi connectivity index (χ2v) is 5.34. The molecule has 3 rings (SSSR count). The van der Waals surface area contributed by atoms with Crippen LogP contribution in [0.15, 0.2) is 30.5 Å². The Morgan fingerprint density at radius 3 is 2.95 bits per heavy atom. The van der Waals surface area contributed by atoms with Gasteiger partial charge in [0, 0.05) is 36.7 Å². The van der Waals surface area contributed by atoms with Crippen molar-refractivity contribution in [1.29, 1.82) is 0 Å². The monoisotopic (exact) mass is 273 g/mol. The van der Waals surface area contributed by atoms with E-state index in [4.69, 9.17) is 4.74 Å². The van der Waals surface area contributed by atoms with E-state index in [0.717, 1.165) is 39.4 Å². The van der Waals surface area contributed by atoms with Gasteiger partial charge < -0.3 is 15.0 Å². The standard InChI is InChI=1S/C16H23N3O/c1-2-5-16-15(4-1)14(13-18-16)12-17-6-3-7-19-8-10-20-11-9-19/h1-2,4-5,13,17-18H,3,6-12H2. The van der Waals surface area contributed by atoms with E-state index in [-0.39, 0.29) is 0 Å². The zero-order chi connectivity index (χ0) is 13.6. The molecule has 0 radical (unpaired) electrons. The summed E-state index contributed by atoms with van der Waals surface area (Å²) in [6.45, 7) is 7.13. The van der Waals surface area contributed by atoms with Gasteiger partial charge in [0.25, 0.3) is 0 Å². The topological polar surface area (TPSA) is 40.3 Å². The van der Waals surface area contributed by atoms with Gasteiger partial charge in [0.15, 0.2) is 0 Å². The Morgan fingerprint density at radius 2 is 2.05 bits per heavy atom. The number of hydrogen-bond donors (Lipinski definition) is 2. The number of nitrogens with zero attached hydrogens (tertiary/aromatic N) is 1. The predicted octanol–water partition coefficient (Wildman–Crippen LogP) is 1.98. The molecule has 108 valence electrons. The van der Waals surface area contributed by atoms with Gasteiger partial charge in [-0.15, -0.1) is 0 Å². The van der Waals surface area contributed by atoms with Crippen LogP contribution in [0.3, 0.4) is 0 Å². The van der Waals surface area contributed by atoms with Crippen LogP contribution in [0.25, 0.3) is 10.9 Å². The maximum absolute atomic E-state index is 5.36. The smallest absolute Gasteiger partial charge is 0.0594 e. The molecule has 2 N–H and O–H groups in total. The zero-order valence-corrected chi connectivity index (χ0v) is 11.9. The molecule has 20 heavy (non-hydrogen) atoms. The molecule has 0 atom stereocenters. The van der Waals surface area contributed by atoms with Gasteiger partial charge in [-0.2, -0.15) is 0 Å². The highest BCUT2D eigenvalue weighted by Gasteiger charge is 2.09. The van der Waals surface area contributed by atoms with Crippen LogP contribution in [0.4, 0.5) is 0 Å². The largest absolute Gasteiger partial charge is 0.379 e. The fourth-order valence-electron chi connectivity index (χ4n) is 2.75. The molecule has 0 spiro atoms. The van der Waals surface area contributed by atoms with Crippen LogP contribution >= 0.6 is 0 Å². The van der Waals surface area contributed by atoms with Crippen LogP contribution in [-0.4, -0.2) is 49.3 Å². The summed E-state index contributed by atoms with van der Waals surface area (Å²) in [7, 11) is 0. The number of rotatable bonds is 6. The van der Waals surface area contributed by atoms with Crippen molar-refractivity contribution in [2.45, 2.75) is 13.0 Å². The lowest BCUT2D eigenvalue weighted by Crippen LogP contribution is -2.37. The van der Waals surface area contributed by atoms with E-state index in [2.05, 4.69) is 45.7 Å². The lowest BCUT2D eigenvalue weighted by molar-refractivity contribution is 0.0374. The molecule has 1 aromatic heterocycles. The van der Waals surface area contributed by atoms with E-state index >= 15 is 0 Å². The Kier molecular flexibility index (Phi) is 4.69. The van der Waals surface area contributed by atoms with Crippen LogP contribution in [0.2, 0.25) is 0 Å². The maximum Gasteiger partial charge on any atom is 0.0594 e. The summed E-state index contributed by atoms with van der Waals surface area (Å²) in [4.78, 5) is 5.80. The molecule has 0 unspecified atom stereocenters. The lowest BCUT2D eigenvalue weighted by atomic mass is 10.2. The summed E-state index contributed by atoms with van der Waals surface area (Å²) >= 11 is 0. The summed E-state index contributed by atoms with van der Waals surface area (Å²) in [5.74, 6) is 0. The van der Waals surface area contributed by atoms with Crippen molar-refractivity contribution in [1.82, 2.24) is 15.2 Å². The average Bonchev–Trinajstić information content (AvgIpc) is 2.91. The quantitative estimate of drug-likeness (QED) is 0.791. The Balaban J connectivity index is 1.39. The molecular weight excluding hydrogens is 250 g/mol. The number of aromatic amines is 1. The molecule has 4 heteroatoms. The molecule has 1 aromatic carbocycles. The van der Waals surface area contributed by atoms with Gasteiger partial charge in [-0.25, -0.2) is 0 Å². The van der Waals surface area contributed by atoms with Gasteiger partial charge in [-0.3, -0.25) is 4.90 Å². The first-order valence-corrected chi connectivity index (χ1v) is 7.49. The number of morpholine rings is 1. The van der Waals surface area contributed by atoms with Crippen molar-refractivity contribution in [3.05, 3.63) is 36.0 Å². The highest BCUT2D eigenvalue weighted by Crippen LogP contribution is 2.17. The van der Waals surface area contributed by atoms with E-state index in [1.54, 1.807) is 0 Å². The van der Waals surface area contributed by atoms with Gasteiger partial charge in [-0.1, -0.05) is 18.2 Å². The Labute approximate surface area is 120 Å². The molecule has 0 aliphatic carbocycles. The third kappa shape index (κ3) is 3.39. The third-order valence-corrected chi connectivity index (χ3v) is 3.92. The number of H-pyrrole nitrogens is 1. The predicted molar refractivity (Wildman–Crippen MR) is 81.9 cm³/mol. The van der Waals surface area contributed by atoms with Gasteiger partial charge >= 0.3 is 0 Å². The van der Waals surface area contributed by atoms with Crippen LogP contribution < -0.4 is 5.32 Å². The highest BCUT2D eigenvalue weighted by atomic mass is 16.5. The molecule has 1 fully saturated rings. The zero-order valence-electron chi connectivity index (χ0n) is 11.9. The van der Waals surface area contributed by atoms with E-state index in [0.29, 0.717) is 0 Å². The number of nitrogens with one attached hydrogen (secondary N) is 2. The molecule has 2 aromatic rings. The second kappa shape index (κ2) is 6.88. The highest BCUT2D eigenvalue weighted by molar-refractivity contribution is 5.82. The lowest BCUT2D eigenvalue weighted by Gasteiger charge is -2.26. The van der Waals surface area contributed by atoms with Crippen molar-refractivity contribution in [2.75, 3.05) is 39.4 Å². The first-order chi connectivity index (χ1) is 9.93. The molecule has 1 aliphatic rings. The number of ether oxygens (including phenoxy) is 1. The third-order valence-electron chi connectivity index (χ3n) is 3.92. The fourth-order valence-corrected chi connectivity index (χ4v) is 2.75. The molecule has 0 amide bonds. The molecule has 0 bridgehead atoms. The number of fused-ring (bicyclic) bond motifs is 1. The van der Waals surface area contributed by atoms with Crippen LogP contribution in [0.5, 0.6) is 0 Å². The Hall–Kier alpha value is -1.36. The van der Waals surface area contributed by atoms with Crippen LogP contribution in [0, 0.1) is 0 Å². The van der Waals surface area contributed by atoms with E-state index in [9.17, 15) is 0 Å². The minimum atomic E-state index is 0.892. The van der Waals surface area contributed by atoms with Gasteiger partial charge in [0.1, 0.15) is 0 Å². The van der Waals surface area contributed by atoms with Gasteiger partial charge in [0.05, 0.1) is 13.2 Å². The van der Waals surface area contributed by atoms with Gasteiger partial charge in [-0.05, 0) is 31.1 Å². The SMILES string of the molecule is c1ccc2c(CNCCCN3CCOCC3)c[nH]c2c1. The number of hydrogen-bond acceptors (Lipinski definition) is 3. The van der Waals surface area contributed by atoms with Crippen molar-refractivity contribution in [3.63, 3.8) is 0 Å². The summed E-state index contributed by atoms with van der Waals surface area (Å²) in [6, 6.07) is 8.46. The molecular formula is C16H23N3O. The summed E-state index contributed by atoms with van der Waals surface area (Å²) in [6.07, 6.45) is 3.31. The summed E-state index contributed by atoms with van der Waals surface area (Å²) in [5.41, 5.74) is 2.57. The molecule has 1 saturated heterocycles. The molecule has 2 heterocycles. The van der Waals surface area contributed by atoms with Crippen LogP contribution in [-0.2, 0) is 11.3 Å². The minimum absolute atomic E-state index is 0.892. The average molecular weight is 273 g/mol. The Bertz CT molecular complexity index is 531.